The van der Waals surface area contributed by atoms with Crippen molar-refractivity contribution in [3.05, 3.63) is 23.8 Å². The number of nitrogens with zero attached hydrogens (tertiary/aromatic N) is 1. The number of carbonyl (C=O) groups is 3. The zero-order valence-electron chi connectivity index (χ0n) is 19.9. The van der Waals surface area contributed by atoms with Crippen LogP contribution in [0.2, 0.25) is 0 Å². The molecule has 8 heteroatoms. The minimum absolute atomic E-state index is 0.0401. The summed E-state index contributed by atoms with van der Waals surface area (Å²) in [5.41, 5.74) is -0.500. The molecule has 4 saturated carbocycles. The lowest BCUT2D eigenvalue weighted by Crippen LogP contribution is -2.57. The number of ether oxygens (including phenoxy) is 2. The van der Waals surface area contributed by atoms with Gasteiger partial charge in [0.25, 0.3) is 5.91 Å². The van der Waals surface area contributed by atoms with Crippen molar-refractivity contribution in [1.82, 2.24) is 15.5 Å². The minimum atomic E-state index is -1.27. The van der Waals surface area contributed by atoms with Crippen LogP contribution in [0.1, 0.15) is 57.9 Å². The van der Waals surface area contributed by atoms with Crippen molar-refractivity contribution in [3.8, 4) is 11.5 Å². The molecule has 2 atom stereocenters. The van der Waals surface area contributed by atoms with E-state index < -0.39 is 17.5 Å². The van der Waals surface area contributed by atoms with Crippen LogP contribution in [-0.4, -0.2) is 48.5 Å². The van der Waals surface area contributed by atoms with Crippen LogP contribution < -0.4 is 20.1 Å². The van der Waals surface area contributed by atoms with E-state index in [9.17, 15) is 14.4 Å². The van der Waals surface area contributed by atoms with E-state index in [-0.39, 0.29) is 23.9 Å². The van der Waals surface area contributed by atoms with E-state index in [0.29, 0.717) is 30.3 Å². The summed E-state index contributed by atoms with van der Waals surface area (Å²) in [4.78, 5) is 40.1. The number of hydrogen-bond acceptors (Lipinski definition) is 5. The lowest BCUT2D eigenvalue weighted by Gasteiger charge is -2.59. The first-order valence-corrected chi connectivity index (χ1v) is 12.6. The van der Waals surface area contributed by atoms with Gasteiger partial charge in [-0.2, -0.15) is 0 Å². The fourth-order valence-electron chi connectivity index (χ4n) is 7.68. The SMILES string of the molecule is C[C@H](NC(=O)CN1C(=O)N[C@@](C)(c2ccc3c(c2)OCCO3)C1=O)C12CC3CC(CC(C3)C1)C2. The van der Waals surface area contributed by atoms with Crippen molar-refractivity contribution in [2.24, 2.45) is 23.2 Å². The third kappa shape index (κ3) is 3.36. The van der Waals surface area contributed by atoms with Gasteiger partial charge in [-0.25, -0.2) is 4.79 Å². The van der Waals surface area contributed by atoms with Gasteiger partial charge in [-0.3, -0.25) is 14.5 Å². The maximum Gasteiger partial charge on any atom is 0.325 e. The molecule has 4 amide bonds. The Morgan fingerprint density at radius 1 is 1.09 bits per heavy atom. The molecule has 4 aliphatic carbocycles. The summed E-state index contributed by atoms with van der Waals surface area (Å²) in [5, 5.41) is 5.95. The van der Waals surface area contributed by atoms with Crippen molar-refractivity contribution < 1.29 is 23.9 Å². The van der Waals surface area contributed by atoms with Gasteiger partial charge in [0.1, 0.15) is 25.3 Å². The summed E-state index contributed by atoms with van der Waals surface area (Å²) >= 11 is 0. The molecular weight excluding hydrogens is 434 g/mol. The Hall–Kier alpha value is -2.77. The average Bonchev–Trinajstić information content (AvgIpc) is 3.01. The zero-order valence-corrected chi connectivity index (χ0v) is 19.9. The molecule has 8 nitrogen and oxygen atoms in total. The summed E-state index contributed by atoms with van der Waals surface area (Å²) in [5.74, 6) is 2.83. The van der Waals surface area contributed by atoms with Gasteiger partial charge in [0, 0.05) is 6.04 Å². The molecule has 6 aliphatic rings. The Morgan fingerprint density at radius 3 is 2.35 bits per heavy atom. The Bertz CT molecular complexity index is 1020. The van der Waals surface area contributed by atoms with Crippen molar-refractivity contribution in [1.29, 1.82) is 0 Å². The topological polar surface area (TPSA) is 97.0 Å². The van der Waals surface area contributed by atoms with Crippen molar-refractivity contribution in [3.63, 3.8) is 0 Å². The normalized spacial score (nSPS) is 36.4. The first-order valence-electron chi connectivity index (χ1n) is 12.6. The van der Waals surface area contributed by atoms with Gasteiger partial charge in [-0.1, -0.05) is 6.07 Å². The molecule has 4 bridgehead atoms. The van der Waals surface area contributed by atoms with E-state index in [0.717, 1.165) is 22.7 Å². The smallest absolute Gasteiger partial charge is 0.325 e. The summed E-state index contributed by atoms with van der Waals surface area (Å²) in [6.07, 6.45) is 7.60. The molecular formula is C26H33N3O5. The van der Waals surface area contributed by atoms with Gasteiger partial charge in [0.2, 0.25) is 5.91 Å². The van der Waals surface area contributed by atoms with E-state index in [2.05, 4.69) is 17.6 Å². The van der Waals surface area contributed by atoms with Crippen LogP contribution in [0.3, 0.4) is 0 Å². The van der Waals surface area contributed by atoms with Gasteiger partial charge in [-0.15, -0.1) is 0 Å². The van der Waals surface area contributed by atoms with Crippen LogP contribution >= 0.6 is 0 Å². The number of hydrogen-bond donors (Lipinski definition) is 2. The predicted molar refractivity (Wildman–Crippen MR) is 123 cm³/mol. The van der Waals surface area contributed by atoms with Gasteiger partial charge in [0.05, 0.1) is 0 Å². The fourth-order valence-corrected chi connectivity index (χ4v) is 7.68. The zero-order chi connectivity index (χ0) is 23.7. The van der Waals surface area contributed by atoms with Crippen LogP contribution in [0.5, 0.6) is 11.5 Å². The molecule has 34 heavy (non-hydrogen) atoms. The fraction of sp³-hybridized carbons (Fsp3) is 0.654. The standard InChI is InChI=1S/C26H33N3O5/c1-15(26-11-16-7-17(12-26)9-18(8-16)13-26)27-22(30)14-29-23(31)25(2,28-24(29)32)19-3-4-20-21(10-19)34-6-5-33-20/h3-4,10,15-18H,5-9,11-14H2,1-2H3,(H,27,30)(H,28,32)/t15-,16?,17?,18?,25-,26?/m0/s1. The maximum atomic E-state index is 13.3. The van der Waals surface area contributed by atoms with Gasteiger partial charge < -0.3 is 20.1 Å². The Balaban J connectivity index is 1.14. The number of urea groups is 1. The van der Waals surface area contributed by atoms with E-state index in [1.54, 1.807) is 25.1 Å². The molecule has 7 rings (SSSR count). The molecule has 0 radical (unpaired) electrons. The van der Waals surface area contributed by atoms with Crippen LogP contribution in [0.15, 0.2) is 18.2 Å². The van der Waals surface area contributed by atoms with Crippen molar-refractivity contribution in [2.45, 2.75) is 64.0 Å². The van der Waals surface area contributed by atoms with E-state index in [1.165, 1.54) is 38.5 Å². The Kier molecular flexibility index (Phi) is 4.87. The molecule has 0 unspecified atom stereocenters. The third-order valence-corrected chi connectivity index (χ3v) is 9.08. The highest BCUT2D eigenvalue weighted by Gasteiger charge is 2.54. The number of nitrogens with one attached hydrogen (secondary N) is 2. The molecule has 5 fully saturated rings. The first kappa shape index (κ1) is 21.7. The summed E-state index contributed by atoms with van der Waals surface area (Å²) in [6.45, 7) is 4.40. The number of fused-ring (bicyclic) bond motifs is 1. The molecule has 2 N–H and O–H groups in total. The van der Waals surface area contributed by atoms with Crippen LogP contribution in [0, 0.1) is 23.2 Å². The molecule has 1 saturated heterocycles. The summed E-state index contributed by atoms with van der Waals surface area (Å²) < 4.78 is 11.2. The van der Waals surface area contributed by atoms with Gasteiger partial charge in [-0.05, 0) is 93.2 Å². The van der Waals surface area contributed by atoms with Crippen LogP contribution in [0.25, 0.3) is 0 Å². The minimum Gasteiger partial charge on any atom is -0.486 e. The third-order valence-electron chi connectivity index (χ3n) is 9.08. The van der Waals surface area contributed by atoms with Crippen LogP contribution in [0.4, 0.5) is 4.79 Å². The summed E-state index contributed by atoms with van der Waals surface area (Å²) in [6, 6.07) is 4.71. The quantitative estimate of drug-likeness (QED) is 0.649. The maximum absolute atomic E-state index is 13.3. The predicted octanol–water partition coefficient (Wildman–Crippen LogP) is 2.95. The highest BCUT2D eigenvalue weighted by Crippen LogP contribution is 2.61. The number of benzene rings is 1. The monoisotopic (exact) mass is 467 g/mol. The second-order valence-corrected chi connectivity index (χ2v) is 11.4. The van der Waals surface area contributed by atoms with E-state index >= 15 is 0 Å². The molecule has 1 aromatic carbocycles. The number of imide groups is 1. The molecule has 1 aromatic rings. The molecule has 2 heterocycles. The second kappa shape index (κ2) is 7.62. The first-order chi connectivity index (χ1) is 16.3. The number of amides is 4. The van der Waals surface area contributed by atoms with Crippen molar-refractivity contribution >= 4 is 17.8 Å². The highest BCUT2D eigenvalue weighted by atomic mass is 16.6. The summed E-state index contributed by atoms with van der Waals surface area (Å²) in [7, 11) is 0. The number of carbonyl (C=O) groups excluding carboxylic acids is 3. The Morgan fingerprint density at radius 2 is 1.71 bits per heavy atom. The van der Waals surface area contributed by atoms with E-state index in [1.807, 2.05) is 0 Å². The van der Waals surface area contributed by atoms with Crippen molar-refractivity contribution in [2.75, 3.05) is 19.8 Å². The Labute approximate surface area is 199 Å². The lowest BCUT2D eigenvalue weighted by atomic mass is 9.48. The molecule has 182 valence electrons. The van der Waals surface area contributed by atoms with Gasteiger partial charge in [0.15, 0.2) is 11.5 Å². The van der Waals surface area contributed by atoms with Crippen LogP contribution in [-0.2, 0) is 15.1 Å². The second-order valence-electron chi connectivity index (χ2n) is 11.4. The molecule has 0 spiro atoms. The molecule has 0 aromatic heterocycles. The number of rotatable bonds is 5. The molecule has 2 aliphatic heterocycles. The highest BCUT2D eigenvalue weighted by molar-refractivity contribution is 6.09. The average molecular weight is 468 g/mol. The van der Waals surface area contributed by atoms with E-state index in [4.69, 9.17) is 9.47 Å². The largest absolute Gasteiger partial charge is 0.486 e. The lowest BCUT2D eigenvalue weighted by molar-refractivity contribution is -0.136. The van der Waals surface area contributed by atoms with Gasteiger partial charge >= 0.3 is 6.03 Å².